The van der Waals surface area contributed by atoms with Crippen molar-refractivity contribution in [2.45, 2.75) is 32.0 Å². The molecule has 0 bridgehead atoms. The van der Waals surface area contributed by atoms with E-state index >= 15 is 0 Å². The van der Waals surface area contributed by atoms with Crippen molar-refractivity contribution in [3.05, 3.63) is 57.5 Å². The van der Waals surface area contributed by atoms with Crippen molar-refractivity contribution in [1.82, 2.24) is 20.5 Å². The molecule has 3 N–H and O–H groups in total. The number of likely N-dealkylation sites (N-methyl/N-ethyl adjacent to an activating group) is 1. The number of nitrogens with zero attached hydrogens (tertiary/aromatic N) is 1. The zero-order chi connectivity index (χ0) is 21.1. The van der Waals surface area contributed by atoms with Crippen molar-refractivity contribution < 1.29 is 19.1 Å². The largest absolute Gasteiger partial charge is 0.454 e. The maximum Gasteiger partial charge on any atom is 0.261 e. The number of carbonyl (C=O) groups excluding carboxylic acids is 2. The number of nitrogens with one attached hydrogen (secondary N) is 3. The predicted octanol–water partition coefficient (Wildman–Crippen LogP) is 0.744. The first-order valence-corrected chi connectivity index (χ1v) is 9.89. The zero-order valence-corrected chi connectivity index (χ0v) is 16.7. The van der Waals surface area contributed by atoms with Crippen molar-refractivity contribution in [3.63, 3.8) is 0 Å². The van der Waals surface area contributed by atoms with E-state index in [4.69, 9.17) is 9.47 Å². The summed E-state index contributed by atoms with van der Waals surface area (Å²) in [5.41, 5.74) is 1.10. The summed E-state index contributed by atoms with van der Waals surface area (Å²) in [4.78, 5) is 41.7. The highest BCUT2D eigenvalue weighted by molar-refractivity contribution is 5.93. The monoisotopic (exact) mass is 412 g/mol. The average Bonchev–Trinajstić information content (AvgIpc) is 3.40. The van der Waals surface area contributed by atoms with Gasteiger partial charge in [-0.3, -0.25) is 19.3 Å². The van der Waals surface area contributed by atoms with Crippen LogP contribution in [0, 0.1) is 0 Å². The molecule has 2 aliphatic heterocycles. The number of H-pyrrole nitrogens is 1. The van der Waals surface area contributed by atoms with Crippen LogP contribution in [-0.4, -0.2) is 48.1 Å². The summed E-state index contributed by atoms with van der Waals surface area (Å²) in [6.07, 6.45) is 1.73. The number of fused-ring (bicyclic) bond motifs is 1. The normalized spacial score (nSPS) is 17.7. The van der Waals surface area contributed by atoms with E-state index in [0.717, 1.165) is 24.9 Å². The van der Waals surface area contributed by atoms with Gasteiger partial charge >= 0.3 is 0 Å². The maximum absolute atomic E-state index is 12.5. The van der Waals surface area contributed by atoms with E-state index in [0.29, 0.717) is 23.7 Å². The Labute approximate surface area is 173 Å². The molecule has 2 amide bonds. The highest BCUT2D eigenvalue weighted by atomic mass is 16.7. The number of pyridine rings is 1. The van der Waals surface area contributed by atoms with Gasteiger partial charge in [0.25, 0.3) is 11.5 Å². The van der Waals surface area contributed by atoms with Gasteiger partial charge in [0, 0.05) is 25.8 Å². The number of hydrogen-bond donors (Lipinski definition) is 3. The number of carbonyl (C=O) groups is 2. The molecule has 9 nitrogen and oxygen atoms in total. The Morgan fingerprint density at radius 1 is 1.20 bits per heavy atom. The molecule has 0 radical (unpaired) electrons. The van der Waals surface area contributed by atoms with Crippen LogP contribution in [0.25, 0.3) is 0 Å². The maximum atomic E-state index is 12.5. The minimum Gasteiger partial charge on any atom is -0.454 e. The van der Waals surface area contributed by atoms with Crippen LogP contribution in [0.2, 0.25) is 0 Å². The Morgan fingerprint density at radius 3 is 2.83 bits per heavy atom. The zero-order valence-electron chi connectivity index (χ0n) is 16.7. The summed E-state index contributed by atoms with van der Waals surface area (Å²) in [7, 11) is 1.62. The summed E-state index contributed by atoms with van der Waals surface area (Å²) in [6, 6.07) is 8.47. The van der Waals surface area contributed by atoms with Gasteiger partial charge in [-0.1, -0.05) is 6.07 Å². The van der Waals surface area contributed by atoms with E-state index in [9.17, 15) is 14.4 Å². The van der Waals surface area contributed by atoms with E-state index in [-0.39, 0.29) is 30.9 Å². The highest BCUT2D eigenvalue weighted by Crippen LogP contribution is 2.32. The van der Waals surface area contributed by atoms with Crippen LogP contribution in [-0.2, 0) is 17.9 Å². The number of aromatic nitrogens is 1. The summed E-state index contributed by atoms with van der Waals surface area (Å²) in [5, 5.41) is 5.43. The molecule has 4 rings (SSSR count). The number of benzene rings is 1. The standard InChI is InChI=1S/C21H24N4O5/c1-22-21(28)16-3-2-8-25(16)11-14-5-6-15(20(27)24-14)19(26)23-10-13-4-7-17-18(9-13)30-12-29-17/h4-7,9,16H,2-3,8,10-12H2,1H3,(H,22,28)(H,23,26)(H,24,27)/t16-/m0/s1. The predicted molar refractivity (Wildman–Crippen MR) is 108 cm³/mol. The lowest BCUT2D eigenvalue weighted by atomic mass is 10.1. The molecule has 1 fully saturated rings. The van der Waals surface area contributed by atoms with Crippen molar-refractivity contribution in [2.24, 2.45) is 0 Å². The molecule has 0 unspecified atom stereocenters. The molecule has 30 heavy (non-hydrogen) atoms. The topological polar surface area (TPSA) is 113 Å². The van der Waals surface area contributed by atoms with E-state index in [2.05, 4.69) is 15.6 Å². The molecule has 2 aromatic rings. The van der Waals surface area contributed by atoms with Gasteiger partial charge in [-0.25, -0.2) is 0 Å². The van der Waals surface area contributed by atoms with Crippen LogP contribution in [0.3, 0.4) is 0 Å². The number of rotatable bonds is 6. The summed E-state index contributed by atoms with van der Waals surface area (Å²) in [6.45, 7) is 1.69. The molecular weight excluding hydrogens is 388 g/mol. The third-order valence-electron chi connectivity index (χ3n) is 5.39. The molecule has 2 aliphatic rings. The number of ether oxygens (including phenoxy) is 2. The fourth-order valence-electron chi connectivity index (χ4n) is 3.81. The molecule has 3 heterocycles. The molecule has 158 valence electrons. The minimum atomic E-state index is -0.454. The van der Waals surface area contributed by atoms with Crippen LogP contribution in [0.15, 0.2) is 35.1 Å². The van der Waals surface area contributed by atoms with Gasteiger partial charge in [-0.05, 0) is 49.2 Å². The summed E-state index contributed by atoms with van der Waals surface area (Å²) >= 11 is 0. The molecule has 9 heteroatoms. The Balaban J connectivity index is 1.38. The smallest absolute Gasteiger partial charge is 0.261 e. The third kappa shape index (κ3) is 4.16. The van der Waals surface area contributed by atoms with Gasteiger partial charge in [0.2, 0.25) is 12.7 Å². The summed E-state index contributed by atoms with van der Waals surface area (Å²) < 4.78 is 10.6. The van der Waals surface area contributed by atoms with Crippen LogP contribution in [0.4, 0.5) is 0 Å². The molecule has 1 aromatic carbocycles. The van der Waals surface area contributed by atoms with Crippen LogP contribution >= 0.6 is 0 Å². The van der Waals surface area contributed by atoms with Crippen molar-refractivity contribution in [3.8, 4) is 11.5 Å². The summed E-state index contributed by atoms with van der Waals surface area (Å²) in [5.74, 6) is 0.842. The quantitative estimate of drug-likeness (QED) is 0.645. The Kier molecular flexibility index (Phi) is 5.71. The molecule has 1 aromatic heterocycles. The van der Waals surface area contributed by atoms with E-state index < -0.39 is 11.5 Å². The molecular formula is C21H24N4O5. The molecule has 0 aliphatic carbocycles. The number of likely N-dealkylation sites (tertiary alicyclic amines) is 1. The van der Waals surface area contributed by atoms with Crippen LogP contribution < -0.4 is 25.7 Å². The lowest BCUT2D eigenvalue weighted by molar-refractivity contribution is -0.125. The SMILES string of the molecule is CNC(=O)[C@@H]1CCCN1Cc1ccc(C(=O)NCc2ccc3c(c2)OCO3)c(=O)[nH]1. The third-order valence-corrected chi connectivity index (χ3v) is 5.39. The number of amides is 2. The van der Waals surface area contributed by atoms with Crippen molar-refractivity contribution >= 4 is 11.8 Å². The molecule has 1 atom stereocenters. The van der Waals surface area contributed by atoms with Gasteiger partial charge in [0.05, 0.1) is 6.04 Å². The first kappa shape index (κ1) is 20.0. The van der Waals surface area contributed by atoms with Crippen molar-refractivity contribution in [2.75, 3.05) is 20.4 Å². The molecule has 0 saturated carbocycles. The number of hydrogen-bond acceptors (Lipinski definition) is 6. The van der Waals surface area contributed by atoms with Crippen LogP contribution in [0.1, 0.15) is 34.5 Å². The first-order valence-electron chi connectivity index (χ1n) is 9.89. The Morgan fingerprint density at radius 2 is 2.03 bits per heavy atom. The Bertz CT molecular complexity index is 1020. The first-order chi connectivity index (χ1) is 14.5. The second-order valence-electron chi connectivity index (χ2n) is 7.34. The van der Waals surface area contributed by atoms with Gasteiger partial charge in [-0.15, -0.1) is 0 Å². The molecule has 1 saturated heterocycles. The minimum absolute atomic E-state index is 0.0191. The van der Waals surface area contributed by atoms with E-state index in [1.54, 1.807) is 25.2 Å². The van der Waals surface area contributed by atoms with Gasteiger partial charge in [-0.2, -0.15) is 0 Å². The van der Waals surface area contributed by atoms with E-state index in [1.807, 2.05) is 11.0 Å². The Hall–Kier alpha value is -3.33. The van der Waals surface area contributed by atoms with Gasteiger partial charge in [0.1, 0.15) is 5.56 Å². The fourth-order valence-corrected chi connectivity index (χ4v) is 3.81. The van der Waals surface area contributed by atoms with Gasteiger partial charge in [0.15, 0.2) is 11.5 Å². The lowest BCUT2D eigenvalue weighted by Crippen LogP contribution is -2.41. The second-order valence-corrected chi connectivity index (χ2v) is 7.34. The van der Waals surface area contributed by atoms with Crippen molar-refractivity contribution in [1.29, 1.82) is 0 Å². The van der Waals surface area contributed by atoms with Gasteiger partial charge < -0.3 is 25.1 Å². The average molecular weight is 412 g/mol. The fraction of sp³-hybridized carbons (Fsp3) is 0.381. The molecule has 0 spiro atoms. The van der Waals surface area contributed by atoms with Crippen LogP contribution in [0.5, 0.6) is 11.5 Å². The number of aromatic amines is 1. The second kappa shape index (κ2) is 8.58. The lowest BCUT2D eigenvalue weighted by Gasteiger charge is -2.22. The highest BCUT2D eigenvalue weighted by Gasteiger charge is 2.30. The van der Waals surface area contributed by atoms with E-state index in [1.165, 1.54) is 6.07 Å².